The zero-order valence-electron chi connectivity index (χ0n) is 45.9. The quantitative estimate of drug-likeness (QED) is 0.0262. The molecule has 0 radical (unpaired) electrons. The third-order valence-electron chi connectivity index (χ3n) is 13.7. The molecule has 1 atom stereocenters. The third-order valence-corrected chi connectivity index (χ3v) is 13.7. The van der Waals surface area contributed by atoms with Gasteiger partial charge in [-0.1, -0.05) is 289 Å². The Hall–Kier alpha value is -2.11. The van der Waals surface area contributed by atoms with E-state index in [1.54, 1.807) is 0 Å². The minimum Gasteiger partial charge on any atom is -0.462 e. The molecule has 0 saturated carbocycles. The molecule has 0 aromatic rings. The van der Waals surface area contributed by atoms with E-state index in [0.29, 0.717) is 19.3 Å². The van der Waals surface area contributed by atoms with Gasteiger partial charge < -0.3 is 14.2 Å². The lowest BCUT2D eigenvalue weighted by Crippen LogP contribution is -2.30. The molecule has 68 heavy (non-hydrogen) atoms. The van der Waals surface area contributed by atoms with E-state index in [9.17, 15) is 14.4 Å². The first-order valence-electron chi connectivity index (χ1n) is 30.3. The fourth-order valence-electron chi connectivity index (χ4n) is 9.12. The Morgan fingerprint density at radius 2 is 0.529 bits per heavy atom. The van der Waals surface area contributed by atoms with Crippen molar-refractivity contribution in [2.75, 3.05) is 13.2 Å². The number of carbonyl (C=O) groups excluding carboxylic acids is 3. The standard InChI is InChI=1S/C62H116O6/c1-4-7-10-13-16-19-22-25-28-30-31-32-35-37-40-43-46-49-52-55-61(64)67-58-59(57-66-60(63)54-51-48-45-42-39-36-33-27-24-21-18-15-12-9-6-3)68-62(65)56-53-50-47-44-41-38-34-29-26-23-20-17-14-11-8-5-2/h16,19,25,28,59H,4-15,17-18,20-24,26-27,29-58H2,1-3H3/b19-16-,28-25-/t59-/m1/s1. The Bertz CT molecular complexity index is 1100. The van der Waals surface area contributed by atoms with Gasteiger partial charge in [-0.05, 0) is 51.4 Å². The number of carbonyl (C=O) groups is 3. The highest BCUT2D eigenvalue weighted by molar-refractivity contribution is 5.71. The van der Waals surface area contributed by atoms with Crippen molar-refractivity contribution in [2.45, 2.75) is 341 Å². The second kappa shape index (κ2) is 57.5. The monoisotopic (exact) mass is 957 g/mol. The Kier molecular flexibility index (Phi) is 55.7. The number of rotatable bonds is 56. The molecule has 0 fully saturated rings. The highest BCUT2D eigenvalue weighted by Gasteiger charge is 2.19. The van der Waals surface area contributed by atoms with Crippen LogP contribution in [0.3, 0.4) is 0 Å². The predicted octanol–water partition coefficient (Wildman–Crippen LogP) is 20.3. The Morgan fingerprint density at radius 3 is 0.838 bits per heavy atom. The van der Waals surface area contributed by atoms with Crippen LogP contribution in [0.5, 0.6) is 0 Å². The van der Waals surface area contributed by atoms with E-state index in [4.69, 9.17) is 14.2 Å². The topological polar surface area (TPSA) is 78.9 Å². The zero-order valence-corrected chi connectivity index (χ0v) is 45.9. The van der Waals surface area contributed by atoms with Crippen LogP contribution >= 0.6 is 0 Å². The Balaban J connectivity index is 4.31. The van der Waals surface area contributed by atoms with E-state index >= 15 is 0 Å². The van der Waals surface area contributed by atoms with Gasteiger partial charge in [-0.25, -0.2) is 0 Å². The fourth-order valence-corrected chi connectivity index (χ4v) is 9.12. The summed E-state index contributed by atoms with van der Waals surface area (Å²) < 4.78 is 16.9. The summed E-state index contributed by atoms with van der Waals surface area (Å²) >= 11 is 0. The van der Waals surface area contributed by atoms with Crippen molar-refractivity contribution in [1.29, 1.82) is 0 Å². The third kappa shape index (κ3) is 54.8. The maximum atomic E-state index is 12.9. The van der Waals surface area contributed by atoms with Crippen molar-refractivity contribution in [1.82, 2.24) is 0 Å². The molecule has 400 valence electrons. The van der Waals surface area contributed by atoms with Crippen molar-refractivity contribution in [3.63, 3.8) is 0 Å². The average molecular weight is 958 g/mol. The van der Waals surface area contributed by atoms with Gasteiger partial charge in [0.25, 0.3) is 0 Å². The molecule has 6 heteroatoms. The SMILES string of the molecule is CCCCC/C=C\C/C=C\CCCCCCCCCCCC(=O)OC[C@@H](COC(=O)CCCCCCCCCCCCCCCCC)OC(=O)CCCCCCCCCCCCCCCCCC. The molecule has 0 heterocycles. The maximum Gasteiger partial charge on any atom is 0.306 e. The predicted molar refractivity (Wildman–Crippen MR) is 293 cm³/mol. The van der Waals surface area contributed by atoms with Gasteiger partial charge in [0, 0.05) is 19.3 Å². The summed E-state index contributed by atoms with van der Waals surface area (Å²) in [6.07, 6.45) is 67.4. The molecular formula is C62H116O6. The first kappa shape index (κ1) is 65.9. The Morgan fingerprint density at radius 1 is 0.294 bits per heavy atom. The van der Waals surface area contributed by atoms with Crippen LogP contribution in [0, 0.1) is 0 Å². The molecule has 0 bridgehead atoms. The summed E-state index contributed by atoms with van der Waals surface area (Å²) in [4.78, 5) is 38.2. The van der Waals surface area contributed by atoms with Crippen molar-refractivity contribution in [2.24, 2.45) is 0 Å². The van der Waals surface area contributed by atoms with E-state index in [1.807, 2.05) is 0 Å². The van der Waals surface area contributed by atoms with Crippen molar-refractivity contribution < 1.29 is 28.6 Å². The van der Waals surface area contributed by atoms with Gasteiger partial charge >= 0.3 is 17.9 Å². The van der Waals surface area contributed by atoms with Gasteiger partial charge in [0.05, 0.1) is 0 Å². The summed E-state index contributed by atoms with van der Waals surface area (Å²) in [5, 5.41) is 0. The van der Waals surface area contributed by atoms with Gasteiger partial charge in [-0.2, -0.15) is 0 Å². The largest absolute Gasteiger partial charge is 0.462 e. The molecule has 0 amide bonds. The number of unbranched alkanes of at least 4 members (excludes halogenated alkanes) is 41. The number of esters is 3. The minimum absolute atomic E-state index is 0.0664. The number of allylic oxidation sites excluding steroid dienone is 4. The smallest absolute Gasteiger partial charge is 0.306 e. The number of hydrogen-bond acceptors (Lipinski definition) is 6. The number of hydrogen-bond donors (Lipinski definition) is 0. The van der Waals surface area contributed by atoms with Gasteiger partial charge in [-0.15, -0.1) is 0 Å². The second-order valence-corrected chi connectivity index (χ2v) is 20.6. The van der Waals surface area contributed by atoms with E-state index in [0.717, 1.165) is 64.2 Å². The molecule has 0 aromatic carbocycles. The Labute approximate surface area is 423 Å². The molecule has 0 aliphatic heterocycles. The summed E-state index contributed by atoms with van der Waals surface area (Å²) in [5.74, 6) is -0.845. The normalized spacial score (nSPS) is 12.1. The molecule has 0 aliphatic rings. The molecular weight excluding hydrogens is 841 g/mol. The highest BCUT2D eigenvalue weighted by atomic mass is 16.6. The fraction of sp³-hybridized carbons (Fsp3) is 0.887. The summed E-state index contributed by atoms with van der Waals surface area (Å²) in [7, 11) is 0. The molecule has 0 N–H and O–H groups in total. The van der Waals surface area contributed by atoms with Crippen LogP contribution in [-0.4, -0.2) is 37.2 Å². The van der Waals surface area contributed by atoms with Crippen molar-refractivity contribution >= 4 is 17.9 Å². The van der Waals surface area contributed by atoms with Crippen LogP contribution in [0.15, 0.2) is 24.3 Å². The lowest BCUT2D eigenvalue weighted by molar-refractivity contribution is -0.167. The van der Waals surface area contributed by atoms with E-state index in [1.165, 1.54) is 231 Å². The molecule has 0 spiro atoms. The van der Waals surface area contributed by atoms with Gasteiger partial charge in [-0.3, -0.25) is 14.4 Å². The maximum absolute atomic E-state index is 12.9. The second-order valence-electron chi connectivity index (χ2n) is 20.6. The summed E-state index contributed by atoms with van der Waals surface area (Å²) in [6, 6.07) is 0. The molecule has 0 saturated heterocycles. The van der Waals surface area contributed by atoms with E-state index in [2.05, 4.69) is 45.1 Å². The van der Waals surface area contributed by atoms with Crippen LogP contribution in [0.25, 0.3) is 0 Å². The minimum atomic E-state index is -0.768. The van der Waals surface area contributed by atoms with Crippen LogP contribution in [-0.2, 0) is 28.6 Å². The van der Waals surface area contributed by atoms with Crippen LogP contribution in [0.2, 0.25) is 0 Å². The van der Waals surface area contributed by atoms with Gasteiger partial charge in [0.2, 0.25) is 0 Å². The van der Waals surface area contributed by atoms with Gasteiger partial charge in [0.1, 0.15) is 13.2 Å². The van der Waals surface area contributed by atoms with E-state index < -0.39 is 6.10 Å². The first-order chi connectivity index (χ1) is 33.5. The molecule has 0 rings (SSSR count). The van der Waals surface area contributed by atoms with Crippen molar-refractivity contribution in [3.05, 3.63) is 24.3 Å². The molecule has 0 unspecified atom stereocenters. The van der Waals surface area contributed by atoms with E-state index in [-0.39, 0.29) is 31.1 Å². The highest BCUT2D eigenvalue weighted by Crippen LogP contribution is 2.17. The summed E-state index contributed by atoms with van der Waals surface area (Å²) in [6.45, 7) is 6.67. The lowest BCUT2D eigenvalue weighted by atomic mass is 10.0. The molecule has 6 nitrogen and oxygen atoms in total. The van der Waals surface area contributed by atoms with Crippen molar-refractivity contribution in [3.8, 4) is 0 Å². The van der Waals surface area contributed by atoms with Gasteiger partial charge in [0.15, 0.2) is 6.10 Å². The first-order valence-corrected chi connectivity index (χ1v) is 30.3. The number of ether oxygens (including phenoxy) is 3. The van der Waals surface area contributed by atoms with Crippen LogP contribution in [0.4, 0.5) is 0 Å². The lowest BCUT2D eigenvalue weighted by Gasteiger charge is -2.18. The average Bonchev–Trinajstić information content (AvgIpc) is 3.34. The van der Waals surface area contributed by atoms with Crippen LogP contribution < -0.4 is 0 Å². The molecule has 0 aliphatic carbocycles. The molecule has 0 aromatic heterocycles. The van der Waals surface area contributed by atoms with Crippen LogP contribution in [0.1, 0.15) is 335 Å². The zero-order chi connectivity index (χ0) is 49.3. The summed E-state index contributed by atoms with van der Waals surface area (Å²) in [5.41, 5.74) is 0.